The van der Waals surface area contributed by atoms with Gasteiger partial charge in [-0.1, -0.05) is 45.7 Å². The fourth-order valence-corrected chi connectivity index (χ4v) is 4.58. The first-order chi connectivity index (χ1) is 18.4. The fourth-order valence-electron chi connectivity index (χ4n) is 4.01. The average molecular weight is 600 g/mol. The molecule has 8 heteroatoms. The first kappa shape index (κ1) is 27.6. The van der Waals surface area contributed by atoms with Gasteiger partial charge in [-0.2, -0.15) is 0 Å². The number of hydrogen-bond acceptors (Lipinski definition) is 6. The second-order valence-electron chi connectivity index (χ2n) is 8.31. The summed E-state index contributed by atoms with van der Waals surface area (Å²) in [6.07, 6.45) is -0.355. The summed E-state index contributed by atoms with van der Waals surface area (Å²) in [5, 5.41) is 1.72. The second-order valence-corrected chi connectivity index (χ2v) is 9.66. The van der Waals surface area contributed by atoms with Gasteiger partial charge in [0.25, 0.3) is 0 Å². The molecular formula is C30H28BrClO6. The van der Waals surface area contributed by atoms with Crippen molar-refractivity contribution in [3.63, 3.8) is 0 Å². The van der Waals surface area contributed by atoms with Crippen molar-refractivity contribution in [3.8, 4) is 28.7 Å². The Bertz CT molecular complexity index is 1440. The molecule has 38 heavy (non-hydrogen) atoms. The van der Waals surface area contributed by atoms with E-state index in [-0.39, 0.29) is 17.6 Å². The molecule has 0 saturated carbocycles. The van der Waals surface area contributed by atoms with Crippen molar-refractivity contribution in [3.05, 3.63) is 87.4 Å². The van der Waals surface area contributed by atoms with Crippen LogP contribution >= 0.6 is 27.5 Å². The number of carbonyl (C=O) groups excluding carboxylic acids is 1. The van der Waals surface area contributed by atoms with Gasteiger partial charge in [0.2, 0.25) is 11.5 Å². The third-order valence-electron chi connectivity index (χ3n) is 5.80. The van der Waals surface area contributed by atoms with Crippen LogP contribution in [0.15, 0.2) is 71.2 Å². The molecule has 0 radical (unpaired) electrons. The number of halogens is 2. The third kappa shape index (κ3) is 6.00. The van der Waals surface area contributed by atoms with Crippen LogP contribution in [0.2, 0.25) is 5.02 Å². The highest BCUT2D eigenvalue weighted by Crippen LogP contribution is 2.53. The van der Waals surface area contributed by atoms with Crippen LogP contribution in [0.25, 0.3) is 10.8 Å². The van der Waals surface area contributed by atoms with Crippen LogP contribution in [0, 0.1) is 0 Å². The molecule has 4 rings (SSSR count). The van der Waals surface area contributed by atoms with E-state index in [0.29, 0.717) is 46.1 Å². The summed E-state index contributed by atoms with van der Waals surface area (Å²) < 4.78 is 30.7. The Balaban J connectivity index is 1.88. The van der Waals surface area contributed by atoms with E-state index in [2.05, 4.69) is 15.9 Å². The van der Waals surface area contributed by atoms with Crippen LogP contribution in [0.4, 0.5) is 0 Å². The van der Waals surface area contributed by atoms with E-state index in [1.165, 1.54) is 0 Å². The lowest BCUT2D eigenvalue weighted by atomic mass is 10.1. The Hall–Kier alpha value is -3.42. The molecule has 1 unspecified atom stereocenters. The van der Waals surface area contributed by atoms with Gasteiger partial charge in [0.15, 0.2) is 11.5 Å². The maximum absolute atomic E-state index is 13.2. The van der Waals surface area contributed by atoms with Crippen LogP contribution < -0.4 is 23.7 Å². The first-order valence-electron chi connectivity index (χ1n) is 12.2. The van der Waals surface area contributed by atoms with Gasteiger partial charge < -0.3 is 23.7 Å². The van der Waals surface area contributed by atoms with Crippen LogP contribution in [-0.4, -0.2) is 26.3 Å². The number of methoxy groups -OCH3 is 1. The zero-order valence-corrected chi connectivity index (χ0v) is 23.9. The number of rotatable bonds is 10. The van der Waals surface area contributed by atoms with E-state index >= 15 is 0 Å². The van der Waals surface area contributed by atoms with Crippen molar-refractivity contribution in [2.45, 2.75) is 26.9 Å². The highest BCUT2D eigenvalue weighted by Gasteiger charge is 2.28. The normalized spacial score (nSPS) is 11.6. The quantitative estimate of drug-likeness (QED) is 0.135. The molecule has 0 fully saturated rings. The summed E-state index contributed by atoms with van der Waals surface area (Å²) in [6.45, 7) is 6.30. The SMILES string of the molecule is CCOc1c(OCC)c(OC(C)c2ccc(OC)cc2)c2cc(Cl)ccc2c1OC(=O)c1cccc(Br)c1. The molecule has 0 spiro atoms. The number of hydrogen-bond donors (Lipinski definition) is 0. The van der Waals surface area contributed by atoms with E-state index in [1.54, 1.807) is 43.5 Å². The largest absolute Gasteiger partial charge is 0.497 e. The van der Waals surface area contributed by atoms with Crippen molar-refractivity contribution in [2.75, 3.05) is 20.3 Å². The standard InChI is InChI=1S/C30H28BrClO6/c1-5-35-28-26(38-30(33)20-8-7-9-21(31)16-20)24-15-12-22(32)17-25(24)27(29(28)36-6-2)37-18(3)19-10-13-23(34-4)14-11-19/h7-18H,5-6H2,1-4H3. The molecule has 0 saturated heterocycles. The lowest BCUT2D eigenvalue weighted by Gasteiger charge is -2.24. The summed E-state index contributed by atoms with van der Waals surface area (Å²) in [6, 6.07) is 19.9. The van der Waals surface area contributed by atoms with Gasteiger partial charge in [0.05, 0.1) is 25.9 Å². The molecule has 0 heterocycles. The molecule has 0 aromatic heterocycles. The minimum absolute atomic E-state index is 0.233. The Morgan fingerprint density at radius 3 is 2.18 bits per heavy atom. The van der Waals surface area contributed by atoms with Crippen LogP contribution in [-0.2, 0) is 0 Å². The van der Waals surface area contributed by atoms with Crippen LogP contribution in [0.5, 0.6) is 28.7 Å². The molecule has 0 aliphatic rings. The summed E-state index contributed by atoms with van der Waals surface area (Å²) >= 11 is 9.83. The van der Waals surface area contributed by atoms with Crippen LogP contribution in [0.1, 0.15) is 42.8 Å². The molecule has 1 atom stereocenters. The molecule has 4 aromatic rings. The topological polar surface area (TPSA) is 63.2 Å². The maximum Gasteiger partial charge on any atom is 0.343 e. The predicted molar refractivity (Wildman–Crippen MR) is 152 cm³/mol. The Labute approximate surface area is 235 Å². The van der Waals surface area contributed by atoms with Crippen molar-refractivity contribution >= 4 is 44.3 Å². The Morgan fingerprint density at radius 2 is 1.55 bits per heavy atom. The molecule has 0 bridgehead atoms. The van der Waals surface area contributed by atoms with Crippen molar-refractivity contribution in [1.29, 1.82) is 0 Å². The number of esters is 1. The molecule has 0 amide bonds. The van der Waals surface area contributed by atoms with E-state index in [9.17, 15) is 4.79 Å². The van der Waals surface area contributed by atoms with Crippen molar-refractivity contribution in [2.24, 2.45) is 0 Å². The monoisotopic (exact) mass is 598 g/mol. The van der Waals surface area contributed by atoms with Gasteiger partial charge in [-0.15, -0.1) is 0 Å². The minimum atomic E-state index is -0.536. The summed E-state index contributed by atoms with van der Waals surface area (Å²) in [5.74, 6) is 1.51. The Kier molecular flexibility index (Phi) is 9.02. The van der Waals surface area contributed by atoms with E-state index in [1.807, 2.05) is 51.1 Å². The lowest BCUT2D eigenvalue weighted by molar-refractivity contribution is 0.0729. The summed E-state index contributed by atoms with van der Waals surface area (Å²) in [7, 11) is 1.62. The molecule has 4 aromatic carbocycles. The molecule has 0 N–H and O–H groups in total. The van der Waals surface area contributed by atoms with Crippen molar-refractivity contribution < 1.29 is 28.5 Å². The van der Waals surface area contributed by atoms with Crippen molar-refractivity contribution in [1.82, 2.24) is 0 Å². The zero-order valence-electron chi connectivity index (χ0n) is 21.5. The Morgan fingerprint density at radius 1 is 0.868 bits per heavy atom. The summed E-state index contributed by atoms with van der Waals surface area (Å²) in [4.78, 5) is 13.2. The third-order valence-corrected chi connectivity index (χ3v) is 6.53. The summed E-state index contributed by atoms with van der Waals surface area (Å²) in [5.41, 5.74) is 1.32. The van der Waals surface area contributed by atoms with E-state index in [0.717, 1.165) is 15.8 Å². The van der Waals surface area contributed by atoms with Gasteiger partial charge in [-0.3, -0.25) is 0 Å². The second kappa shape index (κ2) is 12.4. The number of benzene rings is 4. The molecule has 6 nitrogen and oxygen atoms in total. The number of fused-ring (bicyclic) bond motifs is 1. The lowest BCUT2D eigenvalue weighted by Crippen LogP contribution is -2.12. The predicted octanol–water partition coefficient (Wildman–Crippen LogP) is 8.42. The smallest absolute Gasteiger partial charge is 0.343 e. The minimum Gasteiger partial charge on any atom is -0.497 e. The molecule has 0 aliphatic heterocycles. The van der Waals surface area contributed by atoms with Gasteiger partial charge in [-0.05, 0) is 74.9 Å². The number of carbonyl (C=O) groups is 1. The average Bonchev–Trinajstić information content (AvgIpc) is 2.92. The van der Waals surface area contributed by atoms with Gasteiger partial charge in [0.1, 0.15) is 11.9 Å². The first-order valence-corrected chi connectivity index (χ1v) is 13.4. The highest BCUT2D eigenvalue weighted by molar-refractivity contribution is 9.10. The number of ether oxygens (including phenoxy) is 5. The van der Waals surface area contributed by atoms with Gasteiger partial charge in [-0.25, -0.2) is 4.79 Å². The van der Waals surface area contributed by atoms with Crippen LogP contribution in [0.3, 0.4) is 0 Å². The van der Waals surface area contributed by atoms with Gasteiger partial charge in [0, 0.05) is 20.3 Å². The fraction of sp³-hybridized carbons (Fsp3) is 0.233. The highest BCUT2D eigenvalue weighted by atomic mass is 79.9. The van der Waals surface area contributed by atoms with E-state index < -0.39 is 5.97 Å². The molecular weight excluding hydrogens is 572 g/mol. The zero-order chi connectivity index (χ0) is 27.2. The molecule has 0 aliphatic carbocycles. The molecule has 198 valence electrons. The van der Waals surface area contributed by atoms with Gasteiger partial charge >= 0.3 is 5.97 Å². The van der Waals surface area contributed by atoms with E-state index in [4.69, 9.17) is 35.3 Å². The maximum atomic E-state index is 13.2.